The van der Waals surface area contributed by atoms with Gasteiger partial charge in [0.25, 0.3) is 0 Å². The quantitative estimate of drug-likeness (QED) is 0.408. The molecule has 1 rings (SSSR count). The highest BCUT2D eigenvalue weighted by atomic mass is 32.1. The number of nitrogens with two attached hydrogens (primary N) is 1. The number of carbonyl (C=O) groups excluding carboxylic acids is 1. The third-order valence-corrected chi connectivity index (χ3v) is 3.85. The lowest BCUT2D eigenvalue weighted by Gasteiger charge is -2.39. The maximum atomic E-state index is 12.5. The summed E-state index contributed by atoms with van der Waals surface area (Å²) >= 11 is 4.72. The molecule has 108 valence electrons. The Morgan fingerprint density at radius 1 is 1.58 bits per heavy atom. The molecule has 0 unspecified atom stereocenters. The van der Waals surface area contributed by atoms with Gasteiger partial charge in [0, 0.05) is 18.4 Å². The van der Waals surface area contributed by atoms with Crippen molar-refractivity contribution in [1.29, 1.82) is 0 Å². The molecule has 0 saturated heterocycles. The lowest BCUT2D eigenvalue weighted by atomic mass is 9.65. The summed E-state index contributed by atoms with van der Waals surface area (Å²) in [6.45, 7) is 8.40. The van der Waals surface area contributed by atoms with E-state index in [0.717, 1.165) is 6.42 Å². The number of hydrogen-bond donors (Lipinski definition) is 3. The summed E-state index contributed by atoms with van der Waals surface area (Å²) in [5.41, 5.74) is 11.0. The van der Waals surface area contributed by atoms with E-state index in [9.17, 15) is 4.79 Å². The first-order valence-corrected chi connectivity index (χ1v) is 7.15. The summed E-state index contributed by atoms with van der Waals surface area (Å²) in [5.74, 6) is 0.671. The van der Waals surface area contributed by atoms with Crippen molar-refractivity contribution in [2.75, 3.05) is 0 Å². The molecule has 4 N–H and O–H groups in total. The van der Waals surface area contributed by atoms with Gasteiger partial charge in [0.2, 0.25) is 0 Å². The van der Waals surface area contributed by atoms with E-state index in [1.165, 1.54) is 0 Å². The molecule has 0 heterocycles. The number of carbonyl (C=O) groups is 1. The first-order valence-electron chi connectivity index (χ1n) is 6.74. The fourth-order valence-corrected chi connectivity index (χ4v) is 3.00. The van der Waals surface area contributed by atoms with Gasteiger partial charge in [-0.05, 0) is 36.9 Å². The van der Waals surface area contributed by atoms with Crippen LogP contribution in [0.3, 0.4) is 0 Å². The van der Waals surface area contributed by atoms with Gasteiger partial charge in [-0.2, -0.15) is 0 Å². The van der Waals surface area contributed by atoms with Crippen molar-refractivity contribution in [3.05, 3.63) is 12.2 Å². The normalized spacial score (nSPS) is 26.7. The second-order valence-corrected chi connectivity index (χ2v) is 6.60. The Bertz CT molecular complexity index is 379. The molecule has 1 aliphatic rings. The Kier molecular flexibility index (Phi) is 5.50. The summed E-state index contributed by atoms with van der Waals surface area (Å²) in [7, 11) is 0. The number of allylic oxidation sites excluding steroid dienone is 2. The standard InChI is InChI=1S/C14H25N3OS/c1-9-6-5-7-14(3,4)12(9)11(18)8-10(2)16-17-13(15)19/h5-6,9-10,12,16H,7-8H2,1-4H3,(H3,15,17,19)/t9-,10-,12+/m1/s1. The van der Waals surface area contributed by atoms with Gasteiger partial charge >= 0.3 is 0 Å². The van der Waals surface area contributed by atoms with E-state index in [1.54, 1.807) is 0 Å². The number of nitrogens with one attached hydrogen (secondary N) is 2. The molecule has 1 aliphatic carbocycles. The van der Waals surface area contributed by atoms with E-state index in [-0.39, 0.29) is 22.5 Å². The SMILES string of the molecule is C[C@H](CC(=O)[C@@H]1[C@H](C)C=CCC1(C)C)NNC(N)=S. The number of Topliss-reactive ketones (excluding diaryl/α,β-unsaturated/α-hetero) is 1. The van der Waals surface area contributed by atoms with Crippen LogP contribution in [0, 0.1) is 17.3 Å². The number of hydrogen-bond acceptors (Lipinski definition) is 3. The number of rotatable bonds is 5. The predicted molar refractivity (Wildman–Crippen MR) is 82.3 cm³/mol. The highest BCUT2D eigenvalue weighted by Crippen LogP contribution is 2.41. The Balaban J connectivity index is 2.61. The van der Waals surface area contributed by atoms with Gasteiger partial charge < -0.3 is 5.73 Å². The first kappa shape index (κ1) is 16.1. The van der Waals surface area contributed by atoms with Gasteiger partial charge in [0.1, 0.15) is 5.78 Å². The van der Waals surface area contributed by atoms with Crippen molar-refractivity contribution in [1.82, 2.24) is 10.9 Å². The van der Waals surface area contributed by atoms with E-state index in [4.69, 9.17) is 18.0 Å². The lowest BCUT2D eigenvalue weighted by Crippen LogP contribution is -2.47. The van der Waals surface area contributed by atoms with Crippen LogP contribution in [0.25, 0.3) is 0 Å². The third kappa shape index (κ3) is 4.58. The van der Waals surface area contributed by atoms with Crippen LogP contribution >= 0.6 is 12.2 Å². The van der Waals surface area contributed by atoms with Crippen LogP contribution in [-0.2, 0) is 4.79 Å². The molecular weight excluding hydrogens is 258 g/mol. The average molecular weight is 283 g/mol. The second kappa shape index (κ2) is 6.48. The summed E-state index contributed by atoms with van der Waals surface area (Å²) in [6.07, 6.45) is 5.77. The number of hydrazine groups is 1. The summed E-state index contributed by atoms with van der Waals surface area (Å²) in [6, 6.07) is 0.00269. The summed E-state index contributed by atoms with van der Waals surface area (Å²) in [4.78, 5) is 12.5. The Morgan fingerprint density at radius 2 is 2.21 bits per heavy atom. The van der Waals surface area contributed by atoms with Crippen molar-refractivity contribution in [2.24, 2.45) is 23.0 Å². The second-order valence-electron chi connectivity index (χ2n) is 6.16. The maximum Gasteiger partial charge on any atom is 0.178 e. The Labute approximate surface area is 121 Å². The van der Waals surface area contributed by atoms with Crippen LogP contribution in [0.2, 0.25) is 0 Å². The zero-order chi connectivity index (χ0) is 14.6. The smallest absolute Gasteiger partial charge is 0.178 e. The summed E-state index contributed by atoms with van der Waals surface area (Å²) < 4.78 is 0. The molecule has 3 atom stereocenters. The van der Waals surface area contributed by atoms with E-state index in [1.807, 2.05) is 6.92 Å². The molecular formula is C14H25N3OS. The van der Waals surface area contributed by atoms with Crippen LogP contribution in [0.1, 0.15) is 40.5 Å². The fraction of sp³-hybridized carbons (Fsp3) is 0.714. The fourth-order valence-electron chi connectivity index (χ4n) is 2.94. The minimum Gasteiger partial charge on any atom is -0.375 e. The minimum absolute atomic E-state index is 0.00269. The van der Waals surface area contributed by atoms with Crippen molar-refractivity contribution < 1.29 is 4.79 Å². The number of ketones is 1. The molecule has 5 heteroatoms. The largest absolute Gasteiger partial charge is 0.375 e. The molecule has 0 saturated carbocycles. The molecule has 0 spiro atoms. The van der Waals surface area contributed by atoms with Crippen molar-refractivity contribution >= 4 is 23.1 Å². The molecule has 0 aliphatic heterocycles. The van der Waals surface area contributed by atoms with E-state index < -0.39 is 0 Å². The maximum absolute atomic E-state index is 12.5. The van der Waals surface area contributed by atoms with Crippen LogP contribution in [0.5, 0.6) is 0 Å². The van der Waals surface area contributed by atoms with E-state index in [0.29, 0.717) is 18.1 Å². The molecule has 0 radical (unpaired) electrons. The highest BCUT2D eigenvalue weighted by Gasteiger charge is 2.39. The topological polar surface area (TPSA) is 67.2 Å². The lowest BCUT2D eigenvalue weighted by molar-refractivity contribution is -0.128. The molecule has 19 heavy (non-hydrogen) atoms. The zero-order valence-electron chi connectivity index (χ0n) is 12.2. The molecule has 0 aromatic carbocycles. The molecule has 0 amide bonds. The molecule has 0 bridgehead atoms. The Hall–Kier alpha value is -0.940. The van der Waals surface area contributed by atoms with Gasteiger partial charge in [0.05, 0.1) is 0 Å². The van der Waals surface area contributed by atoms with Crippen molar-refractivity contribution in [3.63, 3.8) is 0 Å². The van der Waals surface area contributed by atoms with E-state index in [2.05, 4.69) is 43.8 Å². The van der Waals surface area contributed by atoms with Gasteiger partial charge in [-0.25, -0.2) is 5.43 Å². The number of thiocarbonyl (C=S) groups is 1. The molecule has 0 aromatic rings. The van der Waals surface area contributed by atoms with E-state index >= 15 is 0 Å². The van der Waals surface area contributed by atoms with Gasteiger partial charge in [0.15, 0.2) is 5.11 Å². The molecule has 0 aromatic heterocycles. The zero-order valence-corrected chi connectivity index (χ0v) is 13.0. The molecule has 0 fully saturated rings. The van der Waals surface area contributed by atoms with Crippen LogP contribution < -0.4 is 16.6 Å². The van der Waals surface area contributed by atoms with Crippen molar-refractivity contribution in [2.45, 2.75) is 46.6 Å². The van der Waals surface area contributed by atoms with Gasteiger partial charge in [-0.15, -0.1) is 0 Å². The minimum atomic E-state index is 0.00269. The average Bonchev–Trinajstić information content (AvgIpc) is 2.24. The monoisotopic (exact) mass is 283 g/mol. The van der Waals surface area contributed by atoms with Crippen molar-refractivity contribution in [3.8, 4) is 0 Å². The predicted octanol–water partition coefficient (Wildman–Crippen LogP) is 1.91. The summed E-state index contributed by atoms with van der Waals surface area (Å²) in [5, 5.41) is 0.189. The third-order valence-electron chi connectivity index (χ3n) is 3.75. The van der Waals surface area contributed by atoms with Crippen LogP contribution in [-0.4, -0.2) is 16.9 Å². The van der Waals surface area contributed by atoms with Gasteiger partial charge in [-0.1, -0.05) is 32.9 Å². The van der Waals surface area contributed by atoms with Gasteiger partial charge in [-0.3, -0.25) is 10.2 Å². The highest BCUT2D eigenvalue weighted by molar-refractivity contribution is 7.80. The first-order chi connectivity index (χ1) is 8.74. The van der Waals surface area contributed by atoms with Crippen LogP contribution in [0.15, 0.2) is 12.2 Å². The van der Waals surface area contributed by atoms with Crippen LogP contribution in [0.4, 0.5) is 0 Å². The Morgan fingerprint density at radius 3 is 2.74 bits per heavy atom. The molecule has 4 nitrogen and oxygen atoms in total.